The molecular formula is C11H12ClNO. The number of benzene rings is 1. The fourth-order valence-corrected chi connectivity index (χ4v) is 2.62. The summed E-state index contributed by atoms with van der Waals surface area (Å²) in [5.41, 5.74) is 2.78. The van der Waals surface area contributed by atoms with Gasteiger partial charge in [0, 0.05) is 29.3 Å². The average Bonchev–Trinajstić information content (AvgIpc) is 2.77. The molecule has 1 aromatic rings. The predicted molar refractivity (Wildman–Crippen MR) is 57.1 cm³/mol. The van der Waals surface area contributed by atoms with Crippen molar-refractivity contribution in [2.75, 3.05) is 25.1 Å². The van der Waals surface area contributed by atoms with Crippen LogP contribution in [0.15, 0.2) is 18.2 Å². The molecule has 2 aliphatic heterocycles. The topological polar surface area (TPSA) is 21.3 Å². The van der Waals surface area contributed by atoms with Gasteiger partial charge in [0.25, 0.3) is 0 Å². The zero-order valence-electron chi connectivity index (χ0n) is 7.85. The molecule has 1 N–H and O–H groups in total. The number of hydrogen-bond donors (Lipinski definition) is 1. The Morgan fingerprint density at radius 2 is 2.36 bits per heavy atom. The van der Waals surface area contributed by atoms with Crippen LogP contribution in [0.4, 0.5) is 5.69 Å². The van der Waals surface area contributed by atoms with Gasteiger partial charge in [-0.05, 0) is 24.1 Å². The highest BCUT2D eigenvalue weighted by Gasteiger charge is 2.42. The minimum atomic E-state index is 0.222. The van der Waals surface area contributed by atoms with Gasteiger partial charge in [-0.15, -0.1) is 0 Å². The van der Waals surface area contributed by atoms with Crippen molar-refractivity contribution in [1.82, 2.24) is 0 Å². The van der Waals surface area contributed by atoms with Gasteiger partial charge in [-0.25, -0.2) is 0 Å². The molecule has 0 saturated carbocycles. The summed E-state index contributed by atoms with van der Waals surface area (Å²) in [5.74, 6) is 0. The van der Waals surface area contributed by atoms with Crippen LogP contribution in [0.1, 0.15) is 12.0 Å². The quantitative estimate of drug-likeness (QED) is 0.709. The van der Waals surface area contributed by atoms with Crippen LogP contribution in [0.3, 0.4) is 0 Å². The van der Waals surface area contributed by atoms with E-state index in [4.69, 9.17) is 16.3 Å². The largest absolute Gasteiger partial charge is 0.384 e. The second-order valence-electron chi connectivity index (χ2n) is 4.13. The second kappa shape index (κ2) is 2.88. The molecule has 1 aromatic carbocycles. The van der Waals surface area contributed by atoms with E-state index in [9.17, 15) is 0 Å². The number of ether oxygens (including phenoxy) is 1. The van der Waals surface area contributed by atoms with E-state index in [1.165, 1.54) is 11.3 Å². The molecule has 74 valence electrons. The maximum atomic E-state index is 5.95. The van der Waals surface area contributed by atoms with Crippen molar-refractivity contribution in [3.63, 3.8) is 0 Å². The summed E-state index contributed by atoms with van der Waals surface area (Å²) in [7, 11) is 0. The van der Waals surface area contributed by atoms with E-state index in [2.05, 4.69) is 11.4 Å². The Labute approximate surface area is 88.2 Å². The molecule has 14 heavy (non-hydrogen) atoms. The first kappa shape index (κ1) is 8.57. The number of hydrogen-bond acceptors (Lipinski definition) is 2. The number of halogens is 1. The monoisotopic (exact) mass is 209 g/mol. The number of nitrogens with one attached hydrogen (secondary N) is 1. The van der Waals surface area contributed by atoms with Gasteiger partial charge in [0.1, 0.15) is 0 Å². The molecule has 1 saturated heterocycles. The summed E-state index contributed by atoms with van der Waals surface area (Å²) in [4.78, 5) is 0. The second-order valence-corrected chi connectivity index (χ2v) is 4.56. The third-order valence-corrected chi connectivity index (χ3v) is 3.51. The van der Waals surface area contributed by atoms with E-state index in [-0.39, 0.29) is 5.41 Å². The highest BCUT2D eigenvalue weighted by atomic mass is 35.5. The van der Waals surface area contributed by atoms with Gasteiger partial charge < -0.3 is 10.1 Å². The fraction of sp³-hybridized carbons (Fsp3) is 0.455. The van der Waals surface area contributed by atoms with Gasteiger partial charge in [-0.1, -0.05) is 17.7 Å². The third-order valence-electron chi connectivity index (χ3n) is 3.27. The lowest BCUT2D eigenvalue weighted by molar-refractivity contribution is 0.181. The SMILES string of the molecule is Clc1ccc2c(c1)NC[C@@]21CCOC1. The van der Waals surface area contributed by atoms with E-state index in [1.807, 2.05) is 12.1 Å². The number of anilines is 1. The molecule has 0 unspecified atom stereocenters. The van der Waals surface area contributed by atoms with Gasteiger partial charge in [0.05, 0.1) is 6.61 Å². The van der Waals surface area contributed by atoms with Crippen LogP contribution in [-0.2, 0) is 10.2 Å². The molecule has 1 fully saturated rings. The molecule has 1 atom stereocenters. The molecule has 0 aromatic heterocycles. The molecular weight excluding hydrogens is 198 g/mol. The van der Waals surface area contributed by atoms with Gasteiger partial charge in [-0.2, -0.15) is 0 Å². The maximum absolute atomic E-state index is 5.95. The summed E-state index contributed by atoms with van der Waals surface area (Å²) in [6.45, 7) is 2.71. The van der Waals surface area contributed by atoms with E-state index < -0.39 is 0 Å². The average molecular weight is 210 g/mol. The van der Waals surface area contributed by atoms with Gasteiger partial charge in [-0.3, -0.25) is 0 Å². The van der Waals surface area contributed by atoms with E-state index >= 15 is 0 Å². The lowest BCUT2D eigenvalue weighted by Gasteiger charge is -2.20. The predicted octanol–water partition coefficient (Wildman–Crippen LogP) is 2.42. The minimum absolute atomic E-state index is 0.222. The highest BCUT2D eigenvalue weighted by Crippen LogP contribution is 2.43. The lowest BCUT2D eigenvalue weighted by atomic mass is 9.82. The molecule has 2 nitrogen and oxygen atoms in total. The van der Waals surface area contributed by atoms with Crippen molar-refractivity contribution < 1.29 is 4.74 Å². The zero-order valence-corrected chi connectivity index (χ0v) is 8.60. The van der Waals surface area contributed by atoms with Crippen LogP contribution in [0.5, 0.6) is 0 Å². The van der Waals surface area contributed by atoms with Gasteiger partial charge in [0.2, 0.25) is 0 Å². The molecule has 0 bridgehead atoms. The van der Waals surface area contributed by atoms with Crippen molar-refractivity contribution in [3.8, 4) is 0 Å². The van der Waals surface area contributed by atoms with E-state index in [0.717, 1.165) is 31.2 Å². The van der Waals surface area contributed by atoms with Crippen molar-refractivity contribution in [2.45, 2.75) is 11.8 Å². The van der Waals surface area contributed by atoms with Crippen LogP contribution < -0.4 is 5.32 Å². The minimum Gasteiger partial charge on any atom is -0.384 e. The molecule has 1 spiro atoms. The number of fused-ring (bicyclic) bond motifs is 2. The molecule has 0 aliphatic carbocycles. The van der Waals surface area contributed by atoms with E-state index in [1.54, 1.807) is 0 Å². The van der Waals surface area contributed by atoms with Gasteiger partial charge >= 0.3 is 0 Å². The number of rotatable bonds is 0. The van der Waals surface area contributed by atoms with Crippen LogP contribution in [0.2, 0.25) is 5.02 Å². The Morgan fingerprint density at radius 1 is 1.43 bits per heavy atom. The molecule has 0 radical (unpaired) electrons. The summed E-state index contributed by atoms with van der Waals surface area (Å²) in [6.07, 6.45) is 1.12. The van der Waals surface area contributed by atoms with Crippen LogP contribution in [0.25, 0.3) is 0 Å². The van der Waals surface area contributed by atoms with Gasteiger partial charge in [0.15, 0.2) is 0 Å². The first-order valence-electron chi connectivity index (χ1n) is 4.92. The fourth-order valence-electron chi connectivity index (χ4n) is 2.44. The van der Waals surface area contributed by atoms with Crippen LogP contribution >= 0.6 is 11.6 Å². The van der Waals surface area contributed by atoms with Crippen LogP contribution in [-0.4, -0.2) is 19.8 Å². The first-order valence-corrected chi connectivity index (χ1v) is 5.30. The highest BCUT2D eigenvalue weighted by molar-refractivity contribution is 6.30. The zero-order chi connectivity index (χ0) is 9.60. The molecule has 2 heterocycles. The first-order chi connectivity index (χ1) is 6.80. The smallest absolute Gasteiger partial charge is 0.0581 e. The summed E-state index contributed by atoms with van der Waals surface area (Å²) in [6, 6.07) is 6.10. The van der Waals surface area contributed by atoms with Crippen molar-refractivity contribution >= 4 is 17.3 Å². The van der Waals surface area contributed by atoms with Crippen LogP contribution in [0, 0.1) is 0 Å². The summed E-state index contributed by atoms with van der Waals surface area (Å²) in [5, 5.41) is 4.21. The Hall–Kier alpha value is -0.730. The third kappa shape index (κ3) is 1.07. The lowest BCUT2D eigenvalue weighted by Crippen LogP contribution is -2.28. The van der Waals surface area contributed by atoms with Crippen molar-refractivity contribution in [2.24, 2.45) is 0 Å². The summed E-state index contributed by atoms with van der Waals surface area (Å²) < 4.78 is 5.50. The van der Waals surface area contributed by atoms with Crippen molar-refractivity contribution in [3.05, 3.63) is 28.8 Å². The molecule has 3 heteroatoms. The Morgan fingerprint density at radius 3 is 3.14 bits per heavy atom. The standard InChI is InChI=1S/C11H12ClNO/c12-8-1-2-9-10(5-8)13-6-11(9)3-4-14-7-11/h1-2,5,13H,3-4,6-7H2/t11-/m1/s1. The normalized spacial score (nSPS) is 29.2. The Balaban J connectivity index is 2.09. The molecule has 2 aliphatic rings. The summed E-state index contributed by atoms with van der Waals surface area (Å²) >= 11 is 5.95. The molecule has 0 amide bonds. The Bertz CT molecular complexity index is 372. The molecule has 3 rings (SSSR count). The maximum Gasteiger partial charge on any atom is 0.0581 e. The van der Waals surface area contributed by atoms with Crippen molar-refractivity contribution in [1.29, 1.82) is 0 Å². The Kier molecular flexibility index (Phi) is 1.76. The van der Waals surface area contributed by atoms with E-state index in [0.29, 0.717) is 0 Å².